The van der Waals surface area contributed by atoms with Crippen LogP contribution in [0.15, 0.2) is 55.0 Å². The molecule has 6 nitrogen and oxygen atoms in total. The molecule has 3 N–H and O–H groups in total. The Bertz CT molecular complexity index is 1030. The number of rotatable bonds is 4. The second-order valence-corrected chi connectivity index (χ2v) is 5.45. The molecule has 1 aromatic carbocycles. The summed E-state index contributed by atoms with van der Waals surface area (Å²) in [6, 6.07) is 9.76. The Balaban J connectivity index is 1.71. The van der Waals surface area contributed by atoms with Crippen molar-refractivity contribution in [1.29, 1.82) is 0 Å². The fraction of sp³-hybridized carbons (Fsp3) is 0.0556. The summed E-state index contributed by atoms with van der Waals surface area (Å²) in [6.45, 7) is 0.315. The van der Waals surface area contributed by atoms with Gasteiger partial charge in [0.05, 0.1) is 11.1 Å². The van der Waals surface area contributed by atoms with Crippen LogP contribution in [0, 0.1) is 5.82 Å². The van der Waals surface area contributed by atoms with E-state index in [4.69, 9.17) is 10.5 Å². The zero-order valence-corrected chi connectivity index (χ0v) is 13.1. The molecule has 25 heavy (non-hydrogen) atoms. The highest BCUT2D eigenvalue weighted by molar-refractivity contribution is 5.97. The lowest BCUT2D eigenvalue weighted by Gasteiger charge is -2.09. The maximum atomic E-state index is 13.0. The van der Waals surface area contributed by atoms with E-state index in [1.165, 1.54) is 12.1 Å². The molecule has 0 aliphatic heterocycles. The molecule has 4 aromatic rings. The quantitative estimate of drug-likeness (QED) is 0.597. The van der Waals surface area contributed by atoms with Gasteiger partial charge in [0.2, 0.25) is 5.95 Å². The van der Waals surface area contributed by atoms with Gasteiger partial charge in [-0.15, -0.1) is 0 Å². The number of hydrogen-bond acceptors (Lipinski definition) is 5. The molecule has 7 heteroatoms. The number of aromatic amines is 1. The van der Waals surface area contributed by atoms with Gasteiger partial charge in [-0.25, -0.2) is 19.3 Å². The Morgan fingerprint density at radius 2 is 1.84 bits per heavy atom. The van der Waals surface area contributed by atoms with Crippen molar-refractivity contribution < 1.29 is 9.13 Å². The average molecular weight is 335 g/mol. The molecule has 0 atom stereocenters. The maximum absolute atomic E-state index is 13.0. The molecule has 0 spiro atoms. The SMILES string of the molecule is Nc1nccc(-c2c[nH]c3nccc(OCc4ccc(F)cc4)c23)n1. The smallest absolute Gasteiger partial charge is 0.220 e. The molecule has 0 radical (unpaired) electrons. The van der Waals surface area contributed by atoms with Crippen molar-refractivity contribution in [2.45, 2.75) is 6.61 Å². The van der Waals surface area contributed by atoms with Crippen molar-refractivity contribution in [3.05, 3.63) is 66.4 Å². The predicted octanol–water partition coefficient (Wildman–Crippen LogP) is 3.32. The summed E-state index contributed by atoms with van der Waals surface area (Å²) in [5, 5.41) is 0.808. The zero-order valence-electron chi connectivity index (χ0n) is 13.1. The molecule has 0 aliphatic rings. The Labute approximate surface area is 142 Å². The molecule has 0 amide bonds. The van der Waals surface area contributed by atoms with Crippen molar-refractivity contribution in [2.24, 2.45) is 0 Å². The molecule has 0 saturated carbocycles. The number of pyridine rings is 1. The van der Waals surface area contributed by atoms with Gasteiger partial charge in [-0.2, -0.15) is 0 Å². The molecule has 0 fully saturated rings. The maximum Gasteiger partial charge on any atom is 0.220 e. The van der Waals surface area contributed by atoms with Crippen LogP contribution in [0.2, 0.25) is 0 Å². The number of nitrogen functional groups attached to an aromatic ring is 1. The van der Waals surface area contributed by atoms with Gasteiger partial charge in [-0.1, -0.05) is 12.1 Å². The van der Waals surface area contributed by atoms with E-state index in [1.807, 2.05) is 6.20 Å². The number of nitrogens with one attached hydrogen (secondary N) is 1. The topological polar surface area (TPSA) is 89.7 Å². The number of nitrogens with zero attached hydrogens (tertiary/aromatic N) is 3. The minimum absolute atomic E-state index is 0.199. The minimum Gasteiger partial charge on any atom is -0.488 e. The molecule has 4 rings (SSSR count). The molecular formula is C18H14FN5O. The van der Waals surface area contributed by atoms with E-state index in [-0.39, 0.29) is 11.8 Å². The highest BCUT2D eigenvalue weighted by atomic mass is 19.1. The molecular weight excluding hydrogens is 321 g/mol. The van der Waals surface area contributed by atoms with Gasteiger partial charge in [0, 0.05) is 24.2 Å². The summed E-state index contributed by atoms with van der Waals surface area (Å²) >= 11 is 0. The van der Waals surface area contributed by atoms with E-state index < -0.39 is 0 Å². The third kappa shape index (κ3) is 2.99. The van der Waals surface area contributed by atoms with Gasteiger partial charge < -0.3 is 15.5 Å². The Morgan fingerprint density at radius 1 is 1.04 bits per heavy atom. The van der Waals surface area contributed by atoms with Crippen molar-refractivity contribution in [1.82, 2.24) is 19.9 Å². The number of fused-ring (bicyclic) bond motifs is 1. The Kier molecular flexibility index (Phi) is 3.74. The van der Waals surface area contributed by atoms with E-state index in [1.54, 1.807) is 36.7 Å². The standard InChI is InChI=1S/C18H14FN5O/c19-12-3-1-11(2-4-12)10-25-15-6-8-21-17-16(15)13(9-23-17)14-5-7-22-18(20)24-14/h1-9H,10H2,(H,21,23)(H2,20,22,24). The van der Waals surface area contributed by atoms with Crippen LogP contribution in [-0.2, 0) is 6.61 Å². The van der Waals surface area contributed by atoms with Crippen LogP contribution in [-0.4, -0.2) is 19.9 Å². The molecule has 0 bridgehead atoms. The largest absolute Gasteiger partial charge is 0.488 e. The molecule has 0 aliphatic carbocycles. The van der Waals surface area contributed by atoms with Gasteiger partial charge in [0.1, 0.15) is 23.8 Å². The van der Waals surface area contributed by atoms with Crippen LogP contribution >= 0.6 is 0 Å². The fourth-order valence-electron chi connectivity index (χ4n) is 2.61. The Hall–Kier alpha value is -3.48. The molecule has 3 heterocycles. The number of nitrogens with two attached hydrogens (primary N) is 1. The van der Waals surface area contributed by atoms with Crippen LogP contribution in [0.5, 0.6) is 5.75 Å². The summed E-state index contributed by atoms with van der Waals surface area (Å²) < 4.78 is 19.0. The highest BCUT2D eigenvalue weighted by Gasteiger charge is 2.14. The molecule has 3 aromatic heterocycles. The third-order valence-corrected chi connectivity index (χ3v) is 3.79. The fourth-order valence-corrected chi connectivity index (χ4v) is 2.61. The predicted molar refractivity (Wildman–Crippen MR) is 92.3 cm³/mol. The first-order chi connectivity index (χ1) is 12.2. The first-order valence-corrected chi connectivity index (χ1v) is 7.63. The van der Waals surface area contributed by atoms with E-state index in [0.29, 0.717) is 23.7 Å². The van der Waals surface area contributed by atoms with Crippen molar-refractivity contribution >= 4 is 17.0 Å². The molecule has 124 valence electrons. The van der Waals surface area contributed by atoms with Crippen LogP contribution in [0.25, 0.3) is 22.3 Å². The van der Waals surface area contributed by atoms with E-state index in [9.17, 15) is 4.39 Å². The number of aromatic nitrogens is 4. The van der Waals surface area contributed by atoms with Crippen molar-refractivity contribution in [3.8, 4) is 17.0 Å². The van der Waals surface area contributed by atoms with Crippen LogP contribution in [0.1, 0.15) is 5.56 Å². The van der Waals surface area contributed by atoms with Crippen molar-refractivity contribution in [3.63, 3.8) is 0 Å². The number of halogens is 1. The lowest BCUT2D eigenvalue weighted by atomic mass is 10.1. The average Bonchev–Trinajstić information content (AvgIpc) is 3.06. The monoisotopic (exact) mass is 335 g/mol. The molecule has 0 unspecified atom stereocenters. The lowest BCUT2D eigenvalue weighted by Crippen LogP contribution is -1.97. The minimum atomic E-state index is -0.274. The summed E-state index contributed by atoms with van der Waals surface area (Å²) in [4.78, 5) is 15.6. The van der Waals surface area contributed by atoms with E-state index in [0.717, 1.165) is 16.5 Å². The van der Waals surface area contributed by atoms with Crippen LogP contribution in [0.3, 0.4) is 0 Å². The summed E-state index contributed by atoms with van der Waals surface area (Å²) in [7, 11) is 0. The van der Waals surface area contributed by atoms with Crippen LogP contribution in [0.4, 0.5) is 10.3 Å². The van der Waals surface area contributed by atoms with E-state index >= 15 is 0 Å². The van der Waals surface area contributed by atoms with Crippen LogP contribution < -0.4 is 10.5 Å². The summed E-state index contributed by atoms with van der Waals surface area (Å²) in [5.74, 6) is 0.580. The lowest BCUT2D eigenvalue weighted by molar-refractivity contribution is 0.310. The van der Waals surface area contributed by atoms with Crippen molar-refractivity contribution in [2.75, 3.05) is 5.73 Å². The van der Waals surface area contributed by atoms with Gasteiger partial charge >= 0.3 is 0 Å². The second kappa shape index (κ2) is 6.20. The van der Waals surface area contributed by atoms with Gasteiger partial charge in [0.25, 0.3) is 0 Å². The first-order valence-electron chi connectivity index (χ1n) is 7.63. The number of hydrogen-bond donors (Lipinski definition) is 2. The summed E-state index contributed by atoms with van der Waals surface area (Å²) in [6.07, 6.45) is 5.08. The second-order valence-electron chi connectivity index (χ2n) is 5.45. The highest BCUT2D eigenvalue weighted by Crippen LogP contribution is 2.33. The molecule has 0 saturated heterocycles. The number of H-pyrrole nitrogens is 1. The van der Waals surface area contributed by atoms with Gasteiger partial charge in [-0.05, 0) is 29.8 Å². The summed E-state index contributed by atoms with van der Waals surface area (Å²) in [5.41, 5.74) is 8.74. The number of anilines is 1. The Morgan fingerprint density at radius 3 is 2.64 bits per heavy atom. The zero-order chi connectivity index (χ0) is 17.2. The van der Waals surface area contributed by atoms with Gasteiger partial charge in [-0.3, -0.25) is 0 Å². The number of benzene rings is 1. The first kappa shape index (κ1) is 15.1. The normalized spacial score (nSPS) is 10.9. The number of ether oxygens (including phenoxy) is 1. The van der Waals surface area contributed by atoms with E-state index in [2.05, 4.69) is 19.9 Å². The van der Waals surface area contributed by atoms with Gasteiger partial charge in [0.15, 0.2) is 0 Å². The third-order valence-electron chi connectivity index (χ3n) is 3.79.